The van der Waals surface area contributed by atoms with Gasteiger partial charge in [0, 0.05) is 42.5 Å². The van der Waals surface area contributed by atoms with E-state index in [4.69, 9.17) is 4.74 Å². The molecule has 0 unspecified atom stereocenters. The van der Waals surface area contributed by atoms with Crippen LogP contribution >= 0.6 is 0 Å². The Morgan fingerprint density at radius 1 is 0.806 bits per heavy atom. The summed E-state index contributed by atoms with van der Waals surface area (Å²) in [6.07, 6.45) is 0. The molecule has 0 radical (unpaired) electrons. The molecule has 2 amide bonds. The van der Waals surface area contributed by atoms with Crippen molar-refractivity contribution in [3.63, 3.8) is 0 Å². The summed E-state index contributed by atoms with van der Waals surface area (Å²) in [5, 5.41) is 3.09. The van der Waals surface area contributed by atoms with Crippen molar-refractivity contribution in [1.82, 2.24) is 14.8 Å². The van der Waals surface area contributed by atoms with Crippen LogP contribution in [0.3, 0.4) is 0 Å². The largest absolute Gasteiger partial charge is 0.483 e. The van der Waals surface area contributed by atoms with Gasteiger partial charge in [-0.3, -0.25) is 9.59 Å². The van der Waals surface area contributed by atoms with Crippen molar-refractivity contribution < 1.29 is 14.3 Å². The van der Waals surface area contributed by atoms with Gasteiger partial charge in [0.15, 0.2) is 6.61 Å². The fourth-order valence-electron chi connectivity index (χ4n) is 4.07. The summed E-state index contributed by atoms with van der Waals surface area (Å²) >= 11 is 0. The first-order valence-electron chi connectivity index (χ1n) is 10.4. The second kappa shape index (κ2) is 8.14. The highest BCUT2D eigenvalue weighted by Gasteiger charge is 2.26. The van der Waals surface area contributed by atoms with Gasteiger partial charge in [0.1, 0.15) is 11.4 Å². The Morgan fingerprint density at radius 2 is 1.48 bits per heavy atom. The molecule has 1 aliphatic heterocycles. The average Bonchev–Trinajstić information content (AvgIpc) is 3.26. The first-order valence-corrected chi connectivity index (χ1v) is 10.4. The zero-order valence-corrected chi connectivity index (χ0v) is 17.1. The topological polar surface area (TPSA) is 65.6 Å². The number of aromatic amines is 1. The number of aromatic nitrogens is 1. The molecule has 3 aromatic carbocycles. The highest BCUT2D eigenvalue weighted by Crippen LogP contribution is 2.25. The number of para-hydroxylation sites is 1. The van der Waals surface area contributed by atoms with Crippen LogP contribution in [-0.4, -0.2) is 59.4 Å². The SMILES string of the molecule is O=C(COc1cccc2ccccc12)N1CCN(C(=O)c2cc3ccccc3[nH]2)CC1. The summed E-state index contributed by atoms with van der Waals surface area (Å²) in [7, 11) is 0. The van der Waals surface area contributed by atoms with Gasteiger partial charge in [-0.1, -0.05) is 54.6 Å². The van der Waals surface area contributed by atoms with Crippen molar-refractivity contribution in [3.05, 3.63) is 78.5 Å². The molecule has 5 rings (SSSR count). The number of carbonyl (C=O) groups is 2. The predicted octanol–water partition coefficient (Wildman–Crippen LogP) is 3.68. The van der Waals surface area contributed by atoms with Gasteiger partial charge in [-0.05, 0) is 23.6 Å². The maximum atomic E-state index is 12.8. The molecule has 1 fully saturated rings. The van der Waals surface area contributed by atoms with Crippen LogP contribution in [0.2, 0.25) is 0 Å². The Kier molecular flexibility index (Phi) is 5.04. The third-order valence-electron chi connectivity index (χ3n) is 5.78. The normalized spacial score (nSPS) is 14.2. The fraction of sp³-hybridized carbons (Fsp3) is 0.200. The number of hydrogen-bond donors (Lipinski definition) is 1. The highest BCUT2D eigenvalue weighted by atomic mass is 16.5. The lowest BCUT2D eigenvalue weighted by molar-refractivity contribution is -0.134. The number of ether oxygens (including phenoxy) is 1. The van der Waals surface area contributed by atoms with Crippen LogP contribution in [-0.2, 0) is 4.79 Å². The molecule has 1 saturated heterocycles. The maximum absolute atomic E-state index is 12.8. The lowest BCUT2D eigenvalue weighted by Gasteiger charge is -2.34. The quantitative estimate of drug-likeness (QED) is 0.555. The van der Waals surface area contributed by atoms with Crippen LogP contribution in [0, 0.1) is 0 Å². The number of piperazine rings is 1. The number of carbonyl (C=O) groups excluding carboxylic acids is 2. The molecule has 2 heterocycles. The number of nitrogens with zero attached hydrogens (tertiary/aromatic N) is 2. The molecule has 0 aliphatic carbocycles. The van der Waals surface area contributed by atoms with Gasteiger partial charge in [0.05, 0.1) is 0 Å². The Balaban J connectivity index is 1.18. The summed E-state index contributed by atoms with van der Waals surface area (Å²) in [4.78, 5) is 32.3. The van der Waals surface area contributed by atoms with Gasteiger partial charge < -0.3 is 19.5 Å². The lowest BCUT2D eigenvalue weighted by atomic mass is 10.1. The molecule has 0 spiro atoms. The van der Waals surface area contributed by atoms with E-state index in [2.05, 4.69) is 4.98 Å². The minimum Gasteiger partial charge on any atom is -0.483 e. The number of nitrogens with one attached hydrogen (secondary N) is 1. The maximum Gasteiger partial charge on any atom is 0.270 e. The van der Waals surface area contributed by atoms with E-state index in [1.807, 2.05) is 72.8 Å². The van der Waals surface area contributed by atoms with Crippen molar-refractivity contribution >= 4 is 33.5 Å². The van der Waals surface area contributed by atoms with E-state index in [0.29, 0.717) is 37.6 Å². The smallest absolute Gasteiger partial charge is 0.270 e. The minimum absolute atomic E-state index is 0.00995. The molecule has 0 saturated carbocycles. The number of hydrogen-bond acceptors (Lipinski definition) is 3. The number of fused-ring (bicyclic) bond motifs is 2. The zero-order chi connectivity index (χ0) is 21.2. The molecule has 0 bridgehead atoms. The Hall–Kier alpha value is -3.80. The summed E-state index contributed by atoms with van der Waals surface area (Å²) in [6, 6.07) is 23.5. The monoisotopic (exact) mass is 413 g/mol. The van der Waals surface area contributed by atoms with Gasteiger partial charge in [0.2, 0.25) is 0 Å². The Morgan fingerprint density at radius 3 is 2.29 bits per heavy atom. The molecule has 31 heavy (non-hydrogen) atoms. The highest BCUT2D eigenvalue weighted by molar-refractivity contribution is 5.98. The molecule has 1 aromatic heterocycles. The van der Waals surface area contributed by atoms with Gasteiger partial charge in [-0.15, -0.1) is 0 Å². The number of H-pyrrole nitrogens is 1. The fourth-order valence-corrected chi connectivity index (χ4v) is 4.07. The van der Waals surface area contributed by atoms with E-state index in [0.717, 1.165) is 21.7 Å². The third-order valence-corrected chi connectivity index (χ3v) is 5.78. The van der Waals surface area contributed by atoms with Crippen molar-refractivity contribution in [1.29, 1.82) is 0 Å². The van der Waals surface area contributed by atoms with Crippen LogP contribution in [0.25, 0.3) is 21.7 Å². The second-order valence-corrected chi connectivity index (χ2v) is 7.71. The lowest BCUT2D eigenvalue weighted by Crippen LogP contribution is -2.51. The zero-order valence-electron chi connectivity index (χ0n) is 17.1. The average molecular weight is 413 g/mol. The first kappa shape index (κ1) is 19.2. The molecule has 4 aromatic rings. The summed E-state index contributed by atoms with van der Waals surface area (Å²) in [5.74, 6) is 0.611. The van der Waals surface area contributed by atoms with Gasteiger partial charge in [-0.2, -0.15) is 0 Å². The van der Waals surface area contributed by atoms with Crippen molar-refractivity contribution in [2.24, 2.45) is 0 Å². The van der Waals surface area contributed by atoms with Gasteiger partial charge >= 0.3 is 0 Å². The molecular formula is C25H23N3O3. The van der Waals surface area contributed by atoms with E-state index >= 15 is 0 Å². The van der Waals surface area contributed by atoms with Crippen LogP contribution in [0.4, 0.5) is 0 Å². The van der Waals surface area contributed by atoms with Crippen LogP contribution < -0.4 is 4.74 Å². The summed E-state index contributed by atoms with van der Waals surface area (Å²) in [6.45, 7) is 2.01. The van der Waals surface area contributed by atoms with Crippen LogP contribution in [0.1, 0.15) is 10.5 Å². The standard InChI is InChI=1S/C25H23N3O3/c29-24(17-31-23-11-5-8-18-6-1-3-9-20(18)23)27-12-14-28(15-13-27)25(30)22-16-19-7-2-4-10-21(19)26-22/h1-11,16,26H,12-15,17H2. The van der Waals surface area contributed by atoms with Crippen molar-refractivity contribution in [3.8, 4) is 5.75 Å². The minimum atomic E-state index is -0.0642. The summed E-state index contributed by atoms with van der Waals surface area (Å²) < 4.78 is 5.83. The Labute approximate surface area is 180 Å². The van der Waals surface area contributed by atoms with E-state index in [-0.39, 0.29) is 18.4 Å². The molecular weight excluding hydrogens is 390 g/mol. The van der Waals surface area contributed by atoms with Crippen molar-refractivity contribution in [2.75, 3.05) is 32.8 Å². The number of rotatable bonds is 4. The number of amides is 2. The van der Waals surface area contributed by atoms with E-state index < -0.39 is 0 Å². The molecule has 6 heteroatoms. The molecule has 1 N–H and O–H groups in total. The third kappa shape index (κ3) is 3.84. The van der Waals surface area contributed by atoms with Gasteiger partial charge in [0.25, 0.3) is 11.8 Å². The van der Waals surface area contributed by atoms with Crippen LogP contribution in [0.15, 0.2) is 72.8 Å². The number of benzene rings is 3. The molecule has 156 valence electrons. The molecule has 6 nitrogen and oxygen atoms in total. The first-order chi connectivity index (χ1) is 15.2. The second-order valence-electron chi connectivity index (χ2n) is 7.71. The van der Waals surface area contributed by atoms with E-state index in [9.17, 15) is 9.59 Å². The van der Waals surface area contributed by atoms with Crippen molar-refractivity contribution in [2.45, 2.75) is 0 Å². The molecule has 0 atom stereocenters. The summed E-state index contributed by atoms with van der Waals surface area (Å²) in [5.41, 5.74) is 1.53. The van der Waals surface area contributed by atoms with E-state index in [1.165, 1.54) is 0 Å². The Bertz CT molecular complexity index is 1220. The van der Waals surface area contributed by atoms with Crippen LogP contribution in [0.5, 0.6) is 5.75 Å². The van der Waals surface area contributed by atoms with E-state index in [1.54, 1.807) is 9.80 Å². The predicted molar refractivity (Wildman–Crippen MR) is 120 cm³/mol. The van der Waals surface area contributed by atoms with Gasteiger partial charge in [-0.25, -0.2) is 0 Å². The molecule has 1 aliphatic rings.